The third-order valence-corrected chi connectivity index (χ3v) is 5.24. The largest absolute Gasteiger partial charge is 0.326 e. The van der Waals surface area contributed by atoms with E-state index >= 15 is 0 Å². The Labute approximate surface area is 161 Å². The number of amides is 1. The van der Waals surface area contributed by atoms with Gasteiger partial charge in [-0.3, -0.25) is 4.79 Å². The van der Waals surface area contributed by atoms with Crippen LogP contribution in [0, 0.1) is 11.8 Å². The van der Waals surface area contributed by atoms with Crippen molar-refractivity contribution in [1.82, 2.24) is 4.72 Å². The first-order valence-corrected chi connectivity index (χ1v) is 10.0. The second kappa shape index (κ2) is 8.38. The van der Waals surface area contributed by atoms with Crippen molar-refractivity contribution in [3.63, 3.8) is 0 Å². The first-order valence-electron chi connectivity index (χ1n) is 8.55. The molecular formula is C21H24N2O3S. The van der Waals surface area contributed by atoms with Gasteiger partial charge in [-0.2, -0.15) is 4.72 Å². The molecule has 2 aromatic rings. The van der Waals surface area contributed by atoms with Crippen LogP contribution in [0.5, 0.6) is 0 Å². The molecule has 0 aliphatic rings. The number of sulfonamides is 1. The Bertz CT molecular complexity index is 959. The first kappa shape index (κ1) is 20.7. The molecule has 0 bridgehead atoms. The maximum Gasteiger partial charge on any atom is 0.241 e. The van der Waals surface area contributed by atoms with E-state index in [1.54, 1.807) is 36.4 Å². The highest BCUT2D eigenvalue weighted by molar-refractivity contribution is 7.89. The summed E-state index contributed by atoms with van der Waals surface area (Å²) in [5.41, 5.74) is 2.46. The molecular weight excluding hydrogens is 360 g/mol. The number of benzene rings is 2. The van der Waals surface area contributed by atoms with Gasteiger partial charge in [0, 0.05) is 18.2 Å². The minimum absolute atomic E-state index is 0.0107. The first-order chi connectivity index (χ1) is 12.6. The van der Waals surface area contributed by atoms with Gasteiger partial charge in [0.15, 0.2) is 0 Å². The number of anilines is 1. The highest BCUT2D eigenvalue weighted by atomic mass is 32.2. The maximum absolute atomic E-state index is 12.3. The summed E-state index contributed by atoms with van der Waals surface area (Å²) < 4.78 is 27.1. The summed E-state index contributed by atoms with van der Waals surface area (Å²) in [6, 6.07) is 13.9. The summed E-state index contributed by atoms with van der Waals surface area (Å²) in [6.07, 6.45) is 0. The van der Waals surface area contributed by atoms with Crippen LogP contribution in [0.2, 0.25) is 0 Å². The van der Waals surface area contributed by atoms with Gasteiger partial charge in [0.25, 0.3) is 0 Å². The smallest absolute Gasteiger partial charge is 0.241 e. The van der Waals surface area contributed by atoms with Crippen molar-refractivity contribution >= 4 is 21.6 Å². The lowest BCUT2D eigenvalue weighted by molar-refractivity contribution is -0.114. The number of carbonyl (C=O) groups is 1. The molecule has 0 atom stereocenters. The van der Waals surface area contributed by atoms with E-state index in [2.05, 4.69) is 42.7 Å². The molecule has 0 aromatic heterocycles. The van der Waals surface area contributed by atoms with Crippen molar-refractivity contribution in [3.8, 4) is 11.8 Å². The van der Waals surface area contributed by atoms with Crippen LogP contribution in [0.15, 0.2) is 53.4 Å². The van der Waals surface area contributed by atoms with E-state index in [-0.39, 0.29) is 22.8 Å². The van der Waals surface area contributed by atoms with Crippen LogP contribution in [0.25, 0.3) is 0 Å². The number of hydrogen-bond acceptors (Lipinski definition) is 3. The fourth-order valence-corrected chi connectivity index (χ4v) is 3.26. The minimum atomic E-state index is -3.60. The normalized spacial score (nSPS) is 11.4. The van der Waals surface area contributed by atoms with Crippen LogP contribution >= 0.6 is 0 Å². The van der Waals surface area contributed by atoms with Crippen molar-refractivity contribution in [2.24, 2.45) is 0 Å². The number of carbonyl (C=O) groups excluding carboxylic acids is 1. The van der Waals surface area contributed by atoms with E-state index in [4.69, 9.17) is 0 Å². The number of rotatable bonds is 4. The van der Waals surface area contributed by atoms with Gasteiger partial charge in [-0.25, -0.2) is 8.42 Å². The summed E-state index contributed by atoms with van der Waals surface area (Å²) in [5.74, 6) is 5.54. The zero-order valence-corrected chi connectivity index (χ0v) is 16.8. The molecule has 142 valence electrons. The average Bonchev–Trinajstić information content (AvgIpc) is 2.59. The topological polar surface area (TPSA) is 75.3 Å². The fourth-order valence-electron chi connectivity index (χ4n) is 2.33. The van der Waals surface area contributed by atoms with E-state index < -0.39 is 10.0 Å². The highest BCUT2D eigenvalue weighted by Crippen LogP contribution is 2.23. The van der Waals surface area contributed by atoms with Crippen LogP contribution in [-0.4, -0.2) is 20.9 Å². The molecule has 2 rings (SSSR count). The van der Waals surface area contributed by atoms with Crippen LogP contribution in [0.3, 0.4) is 0 Å². The summed E-state index contributed by atoms with van der Waals surface area (Å²) in [4.78, 5) is 11.2. The molecule has 5 nitrogen and oxygen atoms in total. The van der Waals surface area contributed by atoms with E-state index in [0.29, 0.717) is 5.69 Å². The molecule has 0 aliphatic carbocycles. The fraction of sp³-hybridized carbons (Fsp3) is 0.286. The molecule has 0 heterocycles. The van der Waals surface area contributed by atoms with Crippen LogP contribution in [0.1, 0.15) is 38.8 Å². The predicted molar refractivity (Wildman–Crippen MR) is 108 cm³/mol. The SMILES string of the molecule is CC(=O)Nc1ccc(C#CCNS(=O)(=O)c2ccc(C(C)(C)C)cc2)cc1. The Morgan fingerprint density at radius 3 is 2.11 bits per heavy atom. The lowest BCUT2D eigenvalue weighted by atomic mass is 9.87. The molecule has 0 unspecified atom stereocenters. The second-order valence-corrected chi connectivity index (χ2v) is 8.93. The molecule has 0 saturated carbocycles. The standard InChI is InChI=1S/C21H24N2O3S/c1-16(24)23-19-11-7-17(8-12-19)6-5-15-22-27(25,26)20-13-9-18(10-14-20)21(2,3)4/h7-14,22H,15H2,1-4H3,(H,23,24). The highest BCUT2D eigenvalue weighted by Gasteiger charge is 2.16. The lowest BCUT2D eigenvalue weighted by Gasteiger charge is -2.19. The quantitative estimate of drug-likeness (QED) is 0.795. The Hall–Kier alpha value is -2.62. The Balaban J connectivity index is 1.98. The summed E-state index contributed by atoms with van der Waals surface area (Å²) >= 11 is 0. The van der Waals surface area contributed by atoms with Crippen molar-refractivity contribution in [3.05, 3.63) is 59.7 Å². The van der Waals surface area contributed by atoms with Crippen molar-refractivity contribution < 1.29 is 13.2 Å². The van der Waals surface area contributed by atoms with Crippen LogP contribution in [0.4, 0.5) is 5.69 Å². The minimum Gasteiger partial charge on any atom is -0.326 e. The zero-order chi connectivity index (χ0) is 20.1. The van der Waals surface area contributed by atoms with Crippen molar-refractivity contribution in [1.29, 1.82) is 0 Å². The Morgan fingerprint density at radius 1 is 1.00 bits per heavy atom. The molecule has 0 saturated heterocycles. The third-order valence-electron chi connectivity index (χ3n) is 3.82. The van der Waals surface area contributed by atoms with E-state index in [1.165, 1.54) is 6.92 Å². The predicted octanol–water partition coefficient (Wildman–Crippen LogP) is 3.27. The average molecular weight is 385 g/mol. The number of hydrogen-bond donors (Lipinski definition) is 2. The van der Waals surface area contributed by atoms with Gasteiger partial charge in [-0.15, -0.1) is 0 Å². The van der Waals surface area contributed by atoms with Gasteiger partial charge < -0.3 is 5.32 Å². The third kappa shape index (κ3) is 6.24. The molecule has 0 spiro atoms. The summed E-state index contributed by atoms with van der Waals surface area (Å²) in [7, 11) is -3.60. The Kier molecular flexibility index (Phi) is 6.42. The molecule has 2 N–H and O–H groups in total. The van der Waals surface area contributed by atoms with Crippen molar-refractivity contribution in [2.45, 2.75) is 38.0 Å². The molecule has 0 radical (unpaired) electrons. The van der Waals surface area contributed by atoms with E-state index in [1.807, 2.05) is 12.1 Å². The second-order valence-electron chi connectivity index (χ2n) is 7.16. The Morgan fingerprint density at radius 2 is 1.59 bits per heavy atom. The van der Waals surface area contributed by atoms with Gasteiger partial charge in [0.05, 0.1) is 11.4 Å². The van der Waals surface area contributed by atoms with Gasteiger partial charge in [-0.05, 0) is 47.4 Å². The van der Waals surface area contributed by atoms with Gasteiger partial charge >= 0.3 is 0 Å². The van der Waals surface area contributed by atoms with Gasteiger partial charge in [0.2, 0.25) is 15.9 Å². The van der Waals surface area contributed by atoms with Crippen LogP contribution in [-0.2, 0) is 20.2 Å². The van der Waals surface area contributed by atoms with Gasteiger partial charge in [0.1, 0.15) is 0 Å². The van der Waals surface area contributed by atoms with Gasteiger partial charge in [-0.1, -0.05) is 44.7 Å². The summed E-state index contributed by atoms with van der Waals surface area (Å²) in [6.45, 7) is 7.68. The molecule has 2 aromatic carbocycles. The lowest BCUT2D eigenvalue weighted by Crippen LogP contribution is -2.24. The summed E-state index contributed by atoms with van der Waals surface area (Å²) in [5, 5.41) is 2.67. The van der Waals surface area contributed by atoms with E-state index in [0.717, 1.165) is 11.1 Å². The molecule has 0 fully saturated rings. The van der Waals surface area contributed by atoms with Crippen LogP contribution < -0.4 is 10.0 Å². The molecule has 0 aliphatic heterocycles. The van der Waals surface area contributed by atoms with Crippen molar-refractivity contribution in [2.75, 3.05) is 11.9 Å². The maximum atomic E-state index is 12.3. The van der Waals surface area contributed by atoms with E-state index in [9.17, 15) is 13.2 Å². The molecule has 27 heavy (non-hydrogen) atoms. The monoisotopic (exact) mass is 384 g/mol. The zero-order valence-electron chi connectivity index (χ0n) is 16.0. The molecule has 1 amide bonds. The molecule has 6 heteroatoms. The number of nitrogens with one attached hydrogen (secondary N) is 2.